The first kappa shape index (κ1) is 13.7. The minimum absolute atomic E-state index is 0.147. The van der Waals surface area contributed by atoms with Gasteiger partial charge in [-0.25, -0.2) is 4.98 Å². The predicted molar refractivity (Wildman–Crippen MR) is 71.6 cm³/mol. The molecular formula is C13H16N2O3S. The maximum Gasteiger partial charge on any atom is 0.303 e. The fraction of sp³-hybridized carbons (Fsp3) is 0.462. The van der Waals surface area contributed by atoms with E-state index in [1.807, 2.05) is 20.8 Å². The van der Waals surface area contributed by atoms with Crippen molar-refractivity contribution in [3.63, 3.8) is 0 Å². The molecule has 2 aromatic rings. The van der Waals surface area contributed by atoms with E-state index in [0.29, 0.717) is 12.8 Å². The zero-order chi connectivity index (χ0) is 14.0. The Labute approximate surface area is 115 Å². The molecule has 0 aromatic carbocycles. The topological polar surface area (TPSA) is 76.2 Å². The molecule has 0 bridgehead atoms. The zero-order valence-corrected chi connectivity index (χ0v) is 12.0. The van der Waals surface area contributed by atoms with Gasteiger partial charge in [-0.1, -0.05) is 5.16 Å². The van der Waals surface area contributed by atoms with Crippen molar-refractivity contribution in [2.45, 2.75) is 40.0 Å². The third-order valence-electron chi connectivity index (χ3n) is 3.01. The molecule has 0 aliphatic heterocycles. The van der Waals surface area contributed by atoms with Crippen molar-refractivity contribution in [3.8, 4) is 0 Å². The summed E-state index contributed by atoms with van der Waals surface area (Å²) in [6, 6.07) is 0. The lowest BCUT2D eigenvalue weighted by Gasteiger charge is -1.95. The molecule has 1 N–H and O–H groups in total. The first-order valence-corrected chi connectivity index (χ1v) is 6.87. The largest absolute Gasteiger partial charge is 0.481 e. The molecule has 0 aliphatic carbocycles. The molecule has 0 saturated heterocycles. The number of nitrogens with zero attached hydrogens (tertiary/aromatic N) is 2. The number of hydrogen-bond donors (Lipinski definition) is 1. The number of thiazole rings is 1. The van der Waals surface area contributed by atoms with E-state index in [-0.39, 0.29) is 6.42 Å². The van der Waals surface area contributed by atoms with E-state index < -0.39 is 5.97 Å². The van der Waals surface area contributed by atoms with Crippen molar-refractivity contribution < 1.29 is 14.4 Å². The van der Waals surface area contributed by atoms with Gasteiger partial charge in [-0.15, -0.1) is 11.3 Å². The number of hydrogen-bond acceptors (Lipinski definition) is 5. The van der Waals surface area contributed by atoms with Gasteiger partial charge in [-0.3, -0.25) is 4.79 Å². The third-order valence-corrected chi connectivity index (χ3v) is 4.23. The van der Waals surface area contributed by atoms with Gasteiger partial charge in [0.2, 0.25) is 0 Å². The van der Waals surface area contributed by atoms with Crippen molar-refractivity contribution in [1.82, 2.24) is 10.1 Å². The Hall–Kier alpha value is -1.69. The van der Waals surface area contributed by atoms with Gasteiger partial charge in [-0.2, -0.15) is 0 Å². The fourth-order valence-electron chi connectivity index (χ4n) is 1.92. The van der Waals surface area contributed by atoms with Gasteiger partial charge in [-0.05, 0) is 27.2 Å². The van der Waals surface area contributed by atoms with Crippen LogP contribution in [0.3, 0.4) is 0 Å². The zero-order valence-electron chi connectivity index (χ0n) is 11.2. The average molecular weight is 280 g/mol. The standard InChI is InChI=1S/C13H16N2O3S/c1-7-10(9(3)18-15-7)6-12-14-8(2)11(19-12)4-5-13(16)17/h4-6H2,1-3H3,(H,16,17). The molecule has 0 spiro atoms. The number of carboxylic acid groups (broad SMARTS) is 1. The summed E-state index contributed by atoms with van der Waals surface area (Å²) in [7, 11) is 0. The molecule has 0 radical (unpaired) electrons. The van der Waals surface area contributed by atoms with Crippen LogP contribution in [0, 0.1) is 20.8 Å². The van der Waals surface area contributed by atoms with Crippen molar-refractivity contribution in [2.75, 3.05) is 0 Å². The van der Waals surface area contributed by atoms with Crippen LogP contribution in [0.25, 0.3) is 0 Å². The molecule has 0 fully saturated rings. The van der Waals surface area contributed by atoms with E-state index in [1.165, 1.54) is 0 Å². The van der Waals surface area contributed by atoms with E-state index >= 15 is 0 Å². The molecular weight excluding hydrogens is 264 g/mol. The highest BCUT2D eigenvalue weighted by Crippen LogP contribution is 2.24. The summed E-state index contributed by atoms with van der Waals surface area (Å²) in [6.45, 7) is 5.73. The minimum atomic E-state index is -0.778. The molecule has 102 valence electrons. The van der Waals surface area contributed by atoms with Gasteiger partial charge in [0.05, 0.1) is 22.8 Å². The summed E-state index contributed by atoms with van der Waals surface area (Å²) >= 11 is 1.57. The quantitative estimate of drug-likeness (QED) is 0.911. The van der Waals surface area contributed by atoms with Crippen LogP contribution in [0.1, 0.15) is 39.0 Å². The molecule has 19 heavy (non-hydrogen) atoms. The van der Waals surface area contributed by atoms with Crippen molar-refractivity contribution in [2.24, 2.45) is 0 Å². The smallest absolute Gasteiger partial charge is 0.303 e. The van der Waals surface area contributed by atoms with E-state index in [1.54, 1.807) is 11.3 Å². The van der Waals surface area contributed by atoms with Gasteiger partial charge < -0.3 is 9.63 Å². The van der Waals surface area contributed by atoms with Crippen LogP contribution in [0.4, 0.5) is 0 Å². The Morgan fingerprint density at radius 2 is 2.05 bits per heavy atom. The first-order valence-electron chi connectivity index (χ1n) is 6.06. The third kappa shape index (κ3) is 3.20. The highest BCUT2D eigenvalue weighted by atomic mass is 32.1. The second-order valence-corrected chi connectivity index (χ2v) is 5.66. The highest BCUT2D eigenvalue weighted by Gasteiger charge is 2.14. The number of rotatable bonds is 5. The summed E-state index contributed by atoms with van der Waals surface area (Å²) in [5.74, 6) is 0.0394. The van der Waals surface area contributed by atoms with Crippen LogP contribution in [-0.4, -0.2) is 21.2 Å². The van der Waals surface area contributed by atoms with Crippen LogP contribution >= 0.6 is 11.3 Å². The molecule has 0 unspecified atom stereocenters. The van der Waals surface area contributed by atoms with Crippen LogP contribution in [0.5, 0.6) is 0 Å². The average Bonchev–Trinajstić information content (AvgIpc) is 2.84. The molecule has 2 aromatic heterocycles. The molecule has 2 heterocycles. The van der Waals surface area contributed by atoms with Crippen molar-refractivity contribution in [1.29, 1.82) is 0 Å². The number of aryl methyl sites for hydroxylation is 4. The monoisotopic (exact) mass is 280 g/mol. The summed E-state index contributed by atoms with van der Waals surface area (Å²) in [5.41, 5.74) is 2.88. The number of aromatic nitrogens is 2. The predicted octanol–water partition coefficient (Wildman–Crippen LogP) is 2.66. The van der Waals surface area contributed by atoms with Crippen molar-refractivity contribution in [3.05, 3.63) is 32.6 Å². The van der Waals surface area contributed by atoms with Crippen molar-refractivity contribution >= 4 is 17.3 Å². The Bertz CT molecular complexity index is 582. The second-order valence-electron chi connectivity index (χ2n) is 4.49. The van der Waals surface area contributed by atoms with E-state index in [0.717, 1.165) is 32.6 Å². The molecule has 5 nitrogen and oxygen atoms in total. The van der Waals surface area contributed by atoms with Gasteiger partial charge in [0.15, 0.2) is 0 Å². The van der Waals surface area contributed by atoms with Gasteiger partial charge >= 0.3 is 5.97 Å². The molecule has 2 rings (SSSR count). The van der Waals surface area contributed by atoms with Crippen LogP contribution < -0.4 is 0 Å². The first-order chi connectivity index (χ1) is 8.97. The van der Waals surface area contributed by atoms with E-state index in [2.05, 4.69) is 10.1 Å². The molecule has 0 atom stereocenters. The summed E-state index contributed by atoms with van der Waals surface area (Å²) in [4.78, 5) is 16.1. The van der Waals surface area contributed by atoms with E-state index in [4.69, 9.17) is 9.63 Å². The molecule has 0 amide bonds. The Morgan fingerprint density at radius 3 is 2.63 bits per heavy atom. The van der Waals surface area contributed by atoms with Crippen LogP contribution in [-0.2, 0) is 17.6 Å². The van der Waals surface area contributed by atoms with Gasteiger partial charge in [0.1, 0.15) is 5.76 Å². The van der Waals surface area contributed by atoms with E-state index in [9.17, 15) is 4.79 Å². The maximum absolute atomic E-state index is 10.6. The lowest BCUT2D eigenvalue weighted by molar-refractivity contribution is -0.136. The second kappa shape index (κ2) is 5.52. The SMILES string of the molecule is Cc1nc(Cc2c(C)noc2C)sc1CCC(=O)O. The fourth-order valence-corrected chi connectivity index (χ4v) is 3.00. The summed E-state index contributed by atoms with van der Waals surface area (Å²) < 4.78 is 5.13. The Balaban J connectivity index is 2.14. The highest BCUT2D eigenvalue weighted by molar-refractivity contribution is 7.11. The lowest BCUT2D eigenvalue weighted by atomic mass is 10.1. The summed E-state index contributed by atoms with van der Waals surface area (Å²) in [6.07, 6.45) is 1.38. The minimum Gasteiger partial charge on any atom is -0.481 e. The number of aliphatic carboxylic acids is 1. The number of carboxylic acids is 1. The Morgan fingerprint density at radius 1 is 1.32 bits per heavy atom. The molecule has 0 aliphatic rings. The number of carbonyl (C=O) groups is 1. The van der Waals surface area contributed by atoms with Crippen LogP contribution in [0.2, 0.25) is 0 Å². The Kier molecular flexibility index (Phi) is 3.99. The van der Waals surface area contributed by atoms with Crippen LogP contribution in [0.15, 0.2) is 4.52 Å². The molecule has 0 saturated carbocycles. The molecule has 6 heteroatoms. The maximum atomic E-state index is 10.6. The van der Waals surface area contributed by atoms with Gasteiger partial charge in [0, 0.05) is 16.9 Å². The lowest BCUT2D eigenvalue weighted by Crippen LogP contribution is -1.96. The van der Waals surface area contributed by atoms with Gasteiger partial charge in [0.25, 0.3) is 0 Å². The summed E-state index contributed by atoms with van der Waals surface area (Å²) in [5, 5.41) is 13.6. The normalized spacial score (nSPS) is 10.9.